The molecule has 0 saturated heterocycles. The van der Waals surface area contributed by atoms with Gasteiger partial charge < -0.3 is 14.9 Å². The van der Waals surface area contributed by atoms with Crippen LogP contribution in [0.5, 0.6) is 0 Å². The lowest BCUT2D eigenvalue weighted by atomic mass is 10.4. The van der Waals surface area contributed by atoms with Crippen LogP contribution >= 0.6 is 0 Å². The molecule has 1 rings (SSSR count). The molecule has 0 aromatic carbocycles. The van der Waals surface area contributed by atoms with Crippen LogP contribution < -0.4 is 21.1 Å². The van der Waals surface area contributed by atoms with E-state index < -0.39 is 0 Å². The monoisotopic (exact) mass is 283 g/mol. The molecule has 1 aromatic heterocycles. The van der Waals surface area contributed by atoms with Crippen LogP contribution in [0, 0.1) is 0 Å². The normalized spacial score (nSPS) is 10.4. The van der Waals surface area contributed by atoms with Gasteiger partial charge in [0.2, 0.25) is 17.8 Å². The second-order valence-electron chi connectivity index (χ2n) is 4.23. The van der Waals surface area contributed by atoms with E-state index in [1.165, 1.54) is 0 Å². The predicted molar refractivity (Wildman–Crippen MR) is 80.8 cm³/mol. The maximum atomic E-state index is 8.96. The van der Waals surface area contributed by atoms with Crippen LogP contribution in [0.15, 0.2) is 0 Å². The molecule has 8 nitrogen and oxygen atoms in total. The number of rotatable bonds is 9. The van der Waals surface area contributed by atoms with Crippen molar-refractivity contribution in [2.45, 2.75) is 27.2 Å². The van der Waals surface area contributed by atoms with Crippen LogP contribution in [-0.4, -0.2) is 52.8 Å². The summed E-state index contributed by atoms with van der Waals surface area (Å²) in [5.74, 6) is 6.96. The number of hydrogen-bond donors (Lipinski definition) is 3. The average molecular weight is 283 g/mol. The quantitative estimate of drug-likeness (QED) is 0.436. The Hall–Kier alpha value is -1.67. The van der Waals surface area contributed by atoms with Gasteiger partial charge >= 0.3 is 0 Å². The summed E-state index contributed by atoms with van der Waals surface area (Å²) in [6.07, 6.45) is 0.672. The summed E-state index contributed by atoms with van der Waals surface area (Å²) in [5.41, 5.74) is 2.48. The van der Waals surface area contributed by atoms with Gasteiger partial charge in [-0.2, -0.15) is 15.0 Å². The van der Waals surface area contributed by atoms with Crippen LogP contribution in [0.3, 0.4) is 0 Å². The van der Waals surface area contributed by atoms with E-state index in [9.17, 15) is 0 Å². The molecule has 20 heavy (non-hydrogen) atoms. The zero-order chi connectivity index (χ0) is 15.0. The fraction of sp³-hybridized carbons (Fsp3) is 0.750. The van der Waals surface area contributed by atoms with E-state index in [1.807, 2.05) is 30.6 Å². The summed E-state index contributed by atoms with van der Waals surface area (Å²) in [6, 6.07) is 0. The molecule has 0 atom stereocenters. The third kappa shape index (κ3) is 4.17. The molecule has 0 aliphatic heterocycles. The van der Waals surface area contributed by atoms with E-state index in [1.54, 1.807) is 0 Å². The first-order valence-corrected chi connectivity index (χ1v) is 7.03. The summed E-state index contributed by atoms with van der Waals surface area (Å²) < 4.78 is 0. The van der Waals surface area contributed by atoms with Crippen molar-refractivity contribution in [1.29, 1.82) is 0 Å². The first-order valence-electron chi connectivity index (χ1n) is 7.03. The standard InChI is InChI=1S/C12H25N7O/c1-4-18(5-2)11-14-10(17-13)15-12(16-11)19(6-3)8-7-9-20/h20H,4-9,13H2,1-3H3,(H,14,15,16,17). The number of nitrogens with zero attached hydrogens (tertiary/aromatic N) is 5. The Bertz CT molecular complexity index is 397. The molecule has 0 bridgehead atoms. The lowest BCUT2D eigenvalue weighted by Crippen LogP contribution is -2.30. The molecule has 0 saturated carbocycles. The highest BCUT2D eigenvalue weighted by molar-refractivity contribution is 5.44. The van der Waals surface area contributed by atoms with Gasteiger partial charge in [0.1, 0.15) is 0 Å². The fourth-order valence-corrected chi connectivity index (χ4v) is 1.87. The zero-order valence-electron chi connectivity index (χ0n) is 12.5. The minimum atomic E-state index is 0.145. The smallest absolute Gasteiger partial charge is 0.243 e. The largest absolute Gasteiger partial charge is 0.396 e. The number of nitrogens with one attached hydrogen (secondary N) is 1. The highest BCUT2D eigenvalue weighted by Crippen LogP contribution is 2.16. The summed E-state index contributed by atoms with van der Waals surface area (Å²) in [6.45, 7) is 9.34. The third-order valence-corrected chi connectivity index (χ3v) is 3.04. The minimum Gasteiger partial charge on any atom is -0.396 e. The fourth-order valence-electron chi connectivity index (χ4n) is 1.87. The topological polar surface area (TPSA) is 103 Å². The molecule has 1 heterocycles. The number of aliphatic hydroxyl groups is 1. The van der Waals surface area contributed by atoms with Gasteiger partial charge in [-0.3, -0.25) is 5.43 Å². The van der Waals surface area contributed by atoms with Crippen LogP contribution in [0.25, 0.3) is 0 Å². The van der Waals surface area contributed by atoms with Crippen LogP contribution in [0.2, 0.25) is 0 Å². The first-order chi connectivity index (χ1) is 9.69. The molecule has 0 fully saturated rings. The van der Waals surface area contributed by atoms with Crippen molar-refractivity contribution in [2.24, 2.45) is 5.84 Å². The molecule has 0 aliphatic rings. The van der Waals surface area contributed by atoms with Gasteiger partial charge in [-0.15, -0.1) is 0 Å². The second-order valence-corrected chi connectivity index (χ2v) is 4.23. The second kappa shape index (κ2) is 8.49. The minimum absolute atomic E-state index is 0.145. The van der Waals surface area contributed by atoms with Crippen LogP contribution in [-0.2, 0) is 0 Å². The maximum Gasteiger partial charge on any atom is 0.243 e. The summed E-state index contributed by atoms with van der Waals surface area (Å²) >= 11 is 0. The molecule has 0 amide bonds. The van der Waals surface area contributed by atoms with Gasteiger partial charge in [0.05, 0.1) is 0 Å². The summed E-state index contributed by atoms with van der Waals surface area (Å²) in [4.78, 5) is 17.1. The zero-order valence-corrected chi connectivity index (χ0v) is 12.5. The molecule has 0 spiro atoms. The number of aliphatic hydroxyl groups excluding tert-OH is 1. The predicted octanol–water partition coefficient (Wildman–Crippen LogP) is 0.212. The Morgan fingerprint density at radius 3 is 2.00 bits per heavy atom. The van der Waals surface area contributed by atoms with Crippen LogP contribution in [0.4, 0.5) is 17.8 Å². The van der Waals surface area contributed by atoms with Crippen molar-refractivity contribution in [3.05, 3.63) is 0 Å². The van der Waals surface area contributed by atoms with Gasteiger partial charge in [0.25, 0.3) is 0 Å². The Kier molecular flexibility index (Phi) is 6.96. The Morgan fingerprint density at radius 2 is 1.55 bits per heavy atom. The summed E-state index contributed by atoms with van der Waals surface area (Å²) in [7, 11) is 0. The SMILES string of the molecule is CCN(CC)c1nc(NN)nc(N(CC)CCCO)n1. The van der Waals surface area contributed by atoms with E-state index in [2.05, 4.69) is 20.4 Å². The van der Waals surface area contributed by atoms with Crippen molar-refractivity contribution < 1.29 is 5.11 Å². The lowest BCUT2D eigenvalue weighted by molar-refractivity contribution is 0.289. The number of hydrogen-bond acceptors (Lipinski definition) is 8. The van der Waals surface area contributed by atoms with E-state index in [0.29, 0.717) is 30.8 Å². The summed E-state index contributed by atoms with van der Waals surface area (Å²) in [5, 5.41) is 8.96. The molecule has 8 heteroatoms. The lowest BCUT2D eigenvalue weighted by Gasteiger charge is -2.24. The maximum absolute atomic E-state index is 8.96. The average Bonchev–Trinajstić information content (AvgIpc) is 2.49. The molecular formula is C12H25N7O. The van der Waals surface area contributed by atoms with E-state index >= 15 is 0 Å². The van der Waals surface area contributed by atoms with E-state index in [0.717, 1.165) is 19.6 Å². The number of anilines is 3. The van der Waals surface area contributed by atoms with Crippen molar-refractivity contribution in [2.75, 3.05) is 48.0 Å². The van der Waals surface area contributed by atoms with Crippen molar-refractivity contribution in [1.82, 2.24) is 15.0 Å². The number of nitrogens with two attached hydrogens (primary N) is 1. The molecule has 114 valence electrons. The van der Waals surface area contributed by atoms with E-state index in [4.69, 9.17) is 10.9 Å². The molecule has 0 radical (unpaired) electrons. The van der Waals surface area contributed by atoms with Crippen molar-refractivity contribution in [3.8, 4) is 0 Å². The Morgan fingerprint density at radius 1 is 1.00 bits per heavy atom. The Labute approximate surface area is 120 Å². The Balaban J connectivity index is 3.07. The van der Waals surface area contributed by atoms with Gasteiger partial charge in [-0.25, -0.2) is 5.84 Å². The molecule has 0 unspecified atom stereocenters. The highest BCUT2D eigenvalue weighted by Gasteiger charge is 2.14. The molecule has 1 aromatic rings. The van der Waals surface area contributed by atoms with Gasteiger partial charge in [0.15, 0.2) is 0 Å². The van der Waals surface area contributed by atoms with Crippen molar-refractivity contribution in [3.63, 3.8) is 0 Å². The molecule has 0 aliphatic carbocycles. The molecule has 4 N–H and O–H groups in total. The van der Waals surface area contributed by atoms with Gasteiger partial charge in [-0.1, -0.05) is 0 Å². The first kappa shape index (κ1) is 16.4. The number of aromatic nitrogens is 3. The van der Waals surface area contributed by atoms with Crippen LogP contribution in [0.1, 0.15) is 27.2 Å². The number of hydrazine groups is 1. The van der Waals surface area contributed by atoms with Gasteiger partial charge in [0, 0.05) is 32.8 Å². The third-order valence-electron chi connectivity index (χ3n) is 3.04. The van der Waals surface area contributed by atoms with Crippen molar-refractivity contribution >= 4 is 17.8 Å². The molecular weight excluding hydrogens is 258 g/mol. The van der Waals surface area contributed by atoms with Gasteiger partial charge in [-0.05, 0) is 27.2 Å². The number of nitrogen functional groups attached to an aromatic ring is 1. The highest BCUT2D eigenvalue weighted by atomic mass is 16.3. The van der Waals surface area contributed by atoms with E-state index in [-0.39, 0.29) is 6.61 Å².